The van der Waals surface area contributed by atoms with Crippen molar-refractivity contribution in [1.82, 2.24) is 4.98 Å². The van der Waals surface area contributed by atoms with Crippen LogP contribution in [0.25, 0.3) is 5.76 Å². The smallest absolute Gasteiger partial charge is 0.300 e. The van der Waals surface area contributed by atoms with E-state index in [0.717, 1.165) is 23.1 Å². The number of anilines is 1. The SMILES string of the molecule is CCc1ccc(N2C(=O)C(=O)/C(=C(/O)c3cc(C)ccc3C)C2c2cccnc2)cc1. The van der Waals surface area contributed by atoms with E-state index < -0.39 is 17.7 Å². The number of Topliss-reactive ketones (excluding diaryl/α,β-unsaturated/α-hetero) is 1. The third-order valence-corrected chi connectivity index (χ3v) is 5.72. The number of ketones is 1. The van der Waals surface area contributed by atoms with Gasteiger partial charge < -0.3 is 5.11 Å². The molecular weight excluding hydrogens is 388 g/mol. The molecule has 4 rings (SSSR count). The molecule has 1 amide bonds. The van der Waals surface area contributed by atoms with E-state index >= 15 is 0 Å². The molecule has 31 heavy (non-hydrogen) atoms. The van der Waals surface area contributed by atoms with E-state index in [1.54, 1.807) is 18.5 Å². The zero-order chi connectivity index (χ0) is 22.1. The van der Waals surface area contributed by atoms with E-state index in [1.807, 2.05) is 62.4 Å². The highest BCUT2D eigenvalue weighted by Crippen LogP contribution is 2.42. The number of hydrogen-bond donors (Lipinski definition) is 1. The Morgan fingerprint density at radius 3 is 2.45 bits per heavy atom. The van der Waals surface area contributed by atoms with Crippen LogP contribution in [0.2, 0.25) is 0 Å². The van der Waals surface area contributed by atoms with Crippen molar-refractivity contribution in [3.05, 3.63) is 100 Å². The second kappa shape index (κ2) is 8.19. The number of aromatic nitrogens is 1. The third kappa shape index (κ3) is 3.63. The predicted molar refractivity (Wildman–Crippen MR) is 121 cm³/mol. The van der Waals surface area contributed by atoms with Gasteiger partial charge in [0.25, 0.3) is 11.7 Å². The quantitative estimate of drug-likeness (QED) is 0.376. The number of nitrogens with zero attached hydrogens (tertiary/aromatic N) is 2. The summed E-state index contributed by atoms with van der Waals surface area (Å²) in [4.78, 5) is 32.0. The molecule has 1 fully saturated rings. The maximum atomic E-state index is 13.2. The molecule has 1 aliphatic heterocycles. The normalized spacial score (nSPS) is 17.9. The summed E-state index contributed by atoms with van der Waals surface area (Å²) < 4.78 is 0. The molecule has 0 saturated carbocycles. The summed E-state index contributed by atoms with van der Waals surface area (Å²) in [7, 11) is 0. The molecule has 0 bridgehead atoms. The van der Waals surface area contributed by atoms with Crippen molar-refractivity contribution in [2.75, 3.05) is 4.90 Å². The highest BCUT2D eigenvalue weighted by atomic mass is 16.3. The lowest BCUT2D eigenvalue weighted by molar-refractivity contribution is -0.132. The first-order valence-electron chi connectivity index (χ1n) is 10.3. The van der Waals surface area contributed by atoms with Gasteiger partial charge in [-0.25, -0.2) is 0 Å². The second-order valence-electron chi connectivity index (χ2n) is 7.79. The molecule has 1 aliphatic rings. The molecule has 1 atom stereocenters. The van der Waals surface area contributed by atoms with Crippen LogP contribution >= 0.6 is 0 Å². The number of rotatable bonds is 4. The van der Waals surface area contributed by atoms with Gasteiger partial charge in [-0.05, 0) is 61.2 Å². The van der Waals surface area contributed by atoms with Crippen LogP contribution in [0.3, 0.4) is 0 Å². The minimum atomic E-state index is -0.763. The molecule has 0 spiro atoms. The Balaban J connectivity index is 1.94. The molecule has 1 N–H and O–H groups in total. The maximum absolute atomic E-state index is 13.2. The molecule has 0 radical (unpaired) electrons. The molecule has 1 saturated heterocycles. The minimum Gasteiger partial charge on any atom is -0.507 e. The first-order chi connectivity index (χ1) is 14.9. The lowest BCUT2D eigenvalue weighted by atomic mass is 9.94. The highest BCUT2D eigenvalue weighted by Gasteiger charge is 2.47. The number of hydrogen-bond acceptors (Lipinski definition) is 4. The number of aliphatic hydroxyl groups excluding tert-OH is 1. The number of pyridine rings is 1. The van der Waals surface area contributed by atoms with Crippen LogP contribution in [0.1, 0.15) is 40.8 Å². The van der Waals surface area contributed by atoms with Gasteiger partial charge in [0.15, 0.2) is 0 Å². The molecule has 0 aliphatic carbocycles. The van der Waals surface area contributed by atoms with Gasteiger partial charge in [0, 0.05) is 23.6 Å². The van der Waals surface area contributed by atoms with Crippen molar-refractivity contribution in [2.45, 2.75) is 33.2 Å². The summed E-state index contributed by atoms with van der Waals surface area (Å²) in [6.45, 7) is 5.84. The molecular formula is C26H24N2O3. The van der Waals surface area contributed by atoms with Crippen LogP contribution in [0.4, 0.5) is 5.69 Å². The standard InChI is InChI=1S/C26H24N2O3/c1-4-18-9-11-20(12-10-18)28-23(19-6-5-13-27-15-19)22(25(30)26(28)31)24(29)21-14-16(2)7-8-17(21)3/h5-15,23,29H,4H2,1-3H3/b24-22+. The van der Waals surface area contributed by atoms with Gasteiger partial charge in [0.05, 0.1) is 11.6 Å². The fraction of sp³-hybridized carbons (Fsp3) is 0.192. The first-order valence-corrected chi connectivity index (χ1v) is 10.3. The zero-order valence-corrected chi connectivity index (χ0v) is 17.8. The summed E-state index contributed by atoms with van der Waals surface area (Å²) in [5, 5.41) is 11.3. The van der Waals surface area contributed by atoms with Gasteiger partial charge in [0.1, 0.15) is 5.76 Å². The minimum absolute atomic E-state index is 0.0752. The van der Waals surface area contributed by atoms with Crippen LogP contribution in [0.5, 0.6) is 0 Å². The van der Waals surface area contributed by atoms with Gasteiger partial charge in [-0.1, -0.05) is 42.8 Å². The molecule has 5 nitrogen and oxygen atoms in total. The molecule has 2 aromatic carbocycles. The Kier molecular flexibility index (Phi) is 5.42. The Labute approximate surface area is 181 Å². The van der Waals surface area contributed by atoms with Crippen LogP contribution < -0.4 is 4.90 Å². The Hall–Kier alpha value is -3.73. The molecule has 2 heterocycles. The average molecular weight is 412 g/mol. The number of benzene rings is 2. The number of aryl methyl sites for hydroxylation is 3. The Morgan fingerprint density at radius 1 is 1.06 bits per heavy atom. The van der Waals surface area contributed by atoms with Crippen molar-refractivity contribution in [3.8, 4) is 0 Å². The van der Waals surface area contributed by atoms with Gasteiger partial charge in [0.2, 0.25) is 0 Å². The molecule has 3 aromatic rings. The Morgan fingerprint density at radius 2 is 1.81 bits per heavy atom. The van der Waals surface area contributed by atoms with E-state index in [9.17, 15) is 14.7 Å². The van der Waals surface area contributed by atoms with Gasteiger partial charge in [-0.15, -0.1) is 0 Å². The number of amides is 1. The maximum Gasteiger partial charge on any atom is 0.300 e. The topological polar surface area (TPSA) is 70.5 Å². The van der Waals surface area contributed by atoms with E-state index in [4.69, 9.17) is 0 Å². The number of carbonyl (C=O) groups is 2. The van der Waals surface area contributed by atoms with Crippen LogP contribution in [0.15, 0.2) is 72.6 Å². The summed E-state index contributed by atoms with van der Waals surface area (Å²) in [6.07, 6.45) is 4.13. The number of aliphatic hydroxyl groups is 1. The monoisotopic (exact) mass is 412 g/mol. The third-order valence-electron chi connectivity index (χ3n) is 5.72. The summed E-state index contributed by atoms with van der Waals surface area (Å²) in [5.74, 6) is -1.53. The molecule has 1 aromatic heterocycles. The van der Waals surface area contributed by atoms with Crippen molar-refractivity contribution >= 4 is 23.1 Å². The summed E-state index contributed by atoms with van der Waals surface area (Å²) in [5.41, 5.74) is 4.80. The van der Waals surface area contributed by atoms with Crippen LogP contribution in [-0.4, -0.2) is 21.8 Å². The fourth-order valence-electron chi connectivity index (χ4n) is 3.98. The van der Waals surface area contributed by atoms with Crippen molar-refractivity contribution in [2.24, 2.45) is 0 Å². The summed E-state index contributed by atoms with van der Waals surface area (Å²) in [6, 6.07) is 16.0. The first kappa shape index (κ1) is 20.5. The average Bonchev–Trinajstić information content (AvgIpc) is 3.06. The highest BCUT2D eigenvalue weighted by molar-refractivity contribution is 6.51. The van der Waals surface area contributed by atoms with Gasteiger partial charge in [-0.2, -0.15) is 0 Å². The van der Waals surface area contributed by atoms with Crippen molar-refractivity contribution in [1.29, 1.82) is 0 Å². The fourth-order valence-corrected chi connectivity index (χ4v) is 3.98. The van der Waals surface area contributed by atoms with E-state index in [-0.39, 0.29) is 11.3 Å². The Bertz CT molecular complexity index is 1180. The molecule has 1 unspecified atom stereocenters. The van der Waals surface area contributed by atoms with Crippen LogP contribution in [-0.2, 0) is 16.0 Å². The van der Waals surface area contributed by atoms with Crippen molar-refractivity contribution < 1.29 is 14.7 Å². The zero-order valence-electron chi connectivity index (χ0n) is 17.8. The van der Waals surface area contributed by atoms with E-state index in [1.165, 1.54) is 4.90 Å². The van der Waals surface area contributed by atoms with E-state index in [2.05, 4.69) is 11.9 Å². The van der Waals surface area contributed by atoms with Gasteiger partial charge >= 0.3 is 0 Å². The summed E-state index contributed by atoms with van der Waals surface area (Å²) >= 11 is 0. The van der Waals surface area contributed by atoms with E-state index in [0.29, 0.717) is 16.8 Å². The van der Waals surface area contributed by atoms with Crippen LogP contribution in [0, 0.1) is 13.8 Å². The van der Waals surface area contributed by atoms with Crippen molar-refractivity contribution in [3.63, 3.8) is 0 Å². The lowest BCUT2D eigenvalue weighted by Crippen LogP contribution is -2.29. The number of carbonyl (C=O) groups excluding carboxylic acids is 2. The second-order valence-corrected chi connectivity index (χ2v) is 7.79. The van der Waals surface area contributed by atoms with Gasteiger partial charge in [-0.3, -0.25) is 19.5 Å². The largest absolute Gasteiger partial charge is 0.507 e. The molecule has 5 heteroatoms. The predicted octanol–water partition coefficient (Wildman–Crippen LogP) is 4.89. The molecule has 156 valence electrons. The lowest BCUT2D eigenvalue weighted by Gasteiger charge is -2.25.